The third-order valence-corrected chi connectivity index (χ3v) is 2.90. The maximum absolute atomic E-state index is 11.7. The van der Waals surface area contributed by atoms with Crippen LogP contribution < -0.4 is 0 Å². The summed E-state index contributed by atoms with van der Waals surface area (Å²) in [4.78, 5) is 14.8. The molecule has 0 saturated heterocycles. The summed E-state index contributed by atoms with van der Waals surface area (Å²) in [6, 6.07) is 5.49. The molecule has 0 amide bonds. The van der Waals surface area contributed by atoms with Gasteiger partial charge in [0.1, 0.15) is 0 Å². The van der Waals surface area contributed by atoms with E-state index in [4.69, 9.17) is 11.6 Å². The van der Waals surface area contributed by atoms with Crippen molar-refractivity contribution in [1.82, 2.24) is 4.98 Å². The highest BCUT2D eigenvalue weighted by atomic mass is 79.9. The second-order valence-electron chi connectivity index (χ2n) is 3.25. The van der Waals surface area contributed by atoms with E-state index in [9.17, 15) is 4.79 Å². The summed E-state index contributed by atoms with van der Waals surface area (Å²) in [7, 11) is 0. The number of aromatic amines is 1. The number of Topliss-reactive ketones (excluding diaryl/α,β-unsaturated/α-hetero) is 1. The van der Waals surface area contributed by atoms with Crippen LogP contribution in [0.3, 0.4) is 0 Å². The number of nitrogens with one attached hydrogen (secondary N) is 1. The van der Waals surface area contributed by atoms with Crippen LogP contribution in [-0.2, 0) is 0 Å². The highest BCUT2D eigenvalue weighted by Crippen LogP contribution is 2.23. The highest BCUT2D eigenvalue weighted by Gasteiger charge is 2.10. The van der Waals surface area contributed by atoms with Crippen LogP contribution in [0.5, 0.6) is 0 Å². The maximum Gasteiger partial charge on any atom is 0.165 e. The molecule has 1 heterocycles. The number of benzene rings is 1. The third kappa shape index (κ3) is 2.08. The molecular weight excluding hydrogens is 277 g/mol. The Morgan fingerprint density at radius 2 is 2.27 bits per heavy atom. The average molecular weight is 287 g/mol. The van der Waals surface area contributed by atoms with Gasteiger partial charge < -0.3 is 4.98 Å². The molecule has 0 aliphatic carbocycles. The molecule has 2 rings (SSSR count). The second-order valence-corrected chi connectivity index (χ2v) is 4.48. The normalized spacial score (nSPS) is 10.8. The Balaban J connectivity index is 2.49. The van der Waals surface area contributed by atoms with Gasteiger partial charge in [-0.3, -0.25) is 4.79 Å². The first-order chi connectivity index (χ1) is 7.22. The van der Waals surface area contributed by atoms with Crippen LogP contribution in [0, 0.1) is 0 Å². The van der Waals surface area contributed by atoms with Crippen LogP contribution >= 0.6 is 27.5 Å². The summed E-state index contributed by atoms with van der Waals surface area (Å²) in [5, 5.41) is 2.29. The molecule has 1 aromatic carbocycles. The van der Waals surface area contributed by atoms with Crippen molar-refractivity contribution in [2.45, 2.75) is 6.42 Å². The molecule has 15 heavy (non-hydrogen) atoms. The minimum absolute atomic E-state index is 0.139. The largest absolute Gasteiger partial charge is 0.360 e. The molecule has 0 fully saturated rings. The van der Waals surface area contributed by atoms with Gasteiger partial charge in [-0.1, -0.05) is 33.6 Å². The van der Waals surface area contributed by atoms with E-state index in [1.54, 1.807) is 12.3 Å². The molecule has 0 aliphatic heterocycles. The SMILES string of the molecule is O=C(CCBr)c1c[nH]c2cc(Cl)ccc12. The fraction of sp³-hybridized carbons (Fsp3) is 0.182. The number of halogens is 2. The molecule has 0 saturated carbocycles. The smallest absolute Gasteiger partial charge is 0.165 e. The van der Waals surface area contributed by atoms with Gasteiger partial charge in [-0.15, -0.1) is 0 Å². The van der Waals surface area contributed by atoms with Gasteiger partial charge in [-0.25, -0.2) is 0 Å². The van der Waals surface area contributed by atoms with E-state index < -0.39 is 0 Å². The first-order valence-corrected chi connectivity index (χ1v) is 6.08. The van der Waals surface area contributed by atoms with Crippen molar-refractivity contribution in [3.8, 4) is 0 Å². The zero-order valence-electron chi connectivity index (χ0n) is 7.89. The van der Waals surface area contributed by atoms with Crippen molar-refractivity contribution >= 4 is 44.2 Å². The van der Waals surface area contributed by atoms with Crippen LogP contribution in [0.2, 0.25) is 5.02 Å². The van der Waals surface area contributed by atoms with Gasteiger partial charge in [0.15, 0.2) is 5.78 Å². The summed E-state index contributed by atoms with van der Waals surface area (Å²) >= 11 is 9.12. The molecular formula is C11H9BrClNO. The standard InChI is InChI=1S/C11H9BrClNO/c12-4-3-11(15)9-6-14-10-5-7(13)1-2-8(9)10/h1-2,5-6,14H,3-4H2. The second kappa shape index (κ2) is 4.37. The molecule has 0 aliphatic rings. The summed E-state index contributed by atoms with van der Waals surface area (Å²) in [5.41, 5.74) is 1.64. The minimum atomic E-state index is 0.139. The van der Waals surface area contributed by atoms with Crippen molar-refractivity contribution in [3.63, 3.8) is 0 Å². The quantitative estimate of drug-likeness (QED) is 0.676. The van der Waals surface area contributed by atoms with Crippen molar-refractivity contribution in [3.05, 3.63) is 35.0 Å². The Morgan fingerprint density at radius 1 is 1.47 bits per heavy atom. The Kier molecular flexibility index (Phi) is 3.12. The minimum Gasteiger partial charge on any atom is -0.360 e. The van der Waals surface area contributed by atoms with E-state index in [-0.39, 0.29) is 5.78 Å². The van der Waals surface area contributed by atoms with Crippen molar-refractivity contribution in [2.75, 3.05) is 5.33 Å². The van der Waals surface area contributed by atoms with E-state index in [2.05, 4.69) is 20.9 Å². The first-order valence-electron chi connectivity index (χ1n) is 4.58. The van der Waals surface area contributed by atoms with Crippen LogP contribution in [0.4, 0.5) is 0 Å². The fourth-order valence-corrected chi connectivity index (χ4v) is 2.08. The number of carbonyl (C=O) groups excluding carboxylic acids is 1. The molecule has 1 N–H and O–H groups in total. The zero-order chi connectivity index (χ0) is 10.8. The average Bonchev–Trinajstić information content (AvgIpc) is 2.60. The monoisotopic (exact) mass is 285 g/mol. The van der Waals surface area contributed by atoms with E-state index in [0.717, 1.165) is 16.5 Å². The molecule has 0 unspecified atom stereocenters. The van der Waals surface area contributed by atoms with E-state index in [1.807, 2.05) is 12.1 Å². The Morgan fingerprint density at radius 3 is 3.00 bits per heavy atom. The number of ketones is 1. The number of alkyl halides is 1. The van der Waals surface area contributed by atoms with Gasteiger partial charge in [0, 0.05) is 39.4 Å². The van der Waals surface area contributed by atoms with Crippen LogP contribution in [0.25, 0.3) is 10.9 Å². The van der Waals surface area contributed by atoms with Gasteiger partial charge in [-0.05, 0) is 12.1 Å². The van der Waals surface area contributed by atoms with Crippen LogP contribution in [0.1, 0.15) is 16.8 Å². The zero-order valence-corrected chi connectivity index (χ0v) is 10.2. The van der Waals surface area contributed by atoms with Gasteiger partial charge in [0.2, 0.25) is 0 Å². The van der Waals surface area contributed by atoms with Crippen molar-refractivity contribution in [1.29, 1.82) is 0 Å². The number of hydrogen-bond acceptors (Lipinski definition) is 1. The number of fused-ring (bicyclic) bond motifs is 1. The Bertz CT molecular complexity index is 506. The van der Waals surface area contributed by atoms with E-state index in [1.165, 1.54) is 0 Å². The van der Waals surface area contributed by atoms with Crippen molar-refractivity contribution < 1.29 is 4.79 Å². The highest BCUT2D eigenvalue weighted by molar-refractivity contribution is 9.09. The molecule has 1 aromatic heterocycles. The lowest BCUT2D eigenvalue weighted by atomic mass is 10.1. The molecule has 0 atom stereocenters. The number of carbonyl (C=O) groups is 1. The van der Waals surface area contributed by atoms with Gasteiger partial charge in [0.05, 0.1) is 0 Å². The Labute approximate surface area is 101 Å². The predicted molar refractivity (Wildman–Crippen MR) is 66.1 cm³/mol. The topological polar surface area (TPSA) is 32.9 Å². The van der Waals surface area contributed by atoms with Gasteiger partial charge in [0.25, 0.3) is 0 Å². The molecule has 0 bridgehead atoms. The lowest BCUT2D eigenvalue weighted by Gasteiger charge is -1.96. The lowest BCUT2D eigenvalue weighted by molar-refractivity contribution is 0.0991. The molecule has 0 radical (unpaired) electrons. The molecule has 2 aromatic rings. The molecule has 4 heteroatoms. The number of H-pyrrole nitrogens is 1. The number of rotatable bonds is 3. The Hall–Kier alpha value is -0.800. The fourth-order valence-electron chi connectivity index (χ4n) is 1.55. The van der Waals surface area contributed by atoms with Crippen LogP contribution in [-0.4, -0.2) is 16.1 Å². The third-order valence-electron chi connectivity index (χ3n) is 2.27. The summed E-state index contributed by atoms with van der Waals surface area (Å²) in [6.07, 6.45) is 2.25. The number of hydrogen-bond donors (Lipinski definition) is 1. The number of aromatic nitrogens is 1. The van der Waals surface area contributed by atoms with Crippen molar-refractivity contribution in [2.24, 2.45) is 0 Å². The summed E-state index contributed by atoms with van der Waals surface area (Å²) in [5.74, 6) is 0.139. The maximum atomic E-state index is 11.7. The van der Waals surface area contributed by atoms with E-state index in [0.29, 0.717) is 16.8 Å². The van der Waals surface area contributed by atoms with E-state index >= 15 is 0 Å². The van der Waals surface area contributed by atoms with Crippen LogP contribution in [0.15, 0.2) is 24.4 Å². The lowest BCUT2D eigenvalue weighted by Crippen LogP contribution is -1.97. The molecule has 2 nitrogen and oxygen atoms in total. The summed E-state index contributed by atoms with van der Waals surface area (Å²) < 4.78 is 0. The first kappa shape index (κ1) is 10.7. The molecule has 78 valence electrons. The summed E-state index contributed by atoms with van der Waals surface area (Å²) in [6.45, 7) is 0. The predicted octanol–water partition coefficient (Wildman–Crippen LogP) is 3.79. The van der Waals surface area contributed by atoms with Gasteiger partial charge >= 0.3 is 0 Å². The molecule has 0 spiro atoms. The van der Waals surface area contributed by atoms with Gasteiger partial charge in [-0.2, -0.15) is 0 Å².